The van der Waals surface area contributed by atoms with Gasteiger partial charge in [0.25, 0.3) is 0 Å². The molecule has 0 bridgehead atoms. The van der Waals surface area contributed by atoms with Gasteiger partial charge in [-0.25, -0.2) is 0 Å². The second-order valence-electron chi connectivity index (χ2n) is 5.04. The predicted octanol–water partition coefficient (Wildman–Crippen LogP) is 3.04. The van der Waals surface area contributed by atoms with Crippen LogP contribution in [0.1, 0.15) is 26.3 Å². The minimum absolute atomic E-state index is 0.137. The van der Waals surface area contributed by atoms with Crippen LogP contribution in [0.25, 0.3) is 10.6 Å². The third-order valence-electron chi connectivity index (χ3n) is 2.89. The molecule has 0 amide bonds. The zero-order chi connectivity index (χ0) is 13.7. The smallest absolute Gasteiger partial charge is 0.0794 e. The molecule has 5 heteroatoms. The molecule has 0 spiro atoms. The van der Waals surface area contributed by atoms with Gasteiger partial charge in [0.05, 0.1) is 22.4 Å². The van der Waals surface area contributed by atoms with Crippen LogP contribution in [0, 0.1) is 0 Å². The Morgan fingerprint density at radius 2 is 2.32 bits per heavy atom. The normalized spacial score (nSPS) is 11.9. The summed E-state index contributed by atoms with van der Waals surface area (Å²) in [6, 6.07) is 4.15. The van der Waals surface area contributed by atoms with E-state index in [0.29, 0.717) is 0 Å². The molecule has 2 rings (SSSR count). The topological polar surface area (TPSA) is 49.9 Å². The molecular weight excluding hydrogens is 258 g/mol. The summed E-state index contributed by atoms with van der Waals surface area (Å²) >= 11 is 1.72. The van der Waals surface area contributed by atoms with E-state index in [0.717, 1.165) is 25.4 Å². The Morgan fingerprint density at radius 3 is 3.00 bits per heavy atom. The molecule has 2 aromatic heterocycles. The molecular formula is C14H21N3OS. The third-order valence-corrected chi connectivity index (χ3v) is 3.77. The van der Waals surface area contributed by atoms with Crippen molar-refractivity contribution >= 4 is 11.3 Å². The van der Waals surface area contributed by atoms with Gasteiger partial charge in [-0.2, -0.15) is 5.10 Å². The van der Waals surface area contributed by atoms with Gasteiger partial charge in [-0.05, 0) is 32.2 Å². The highest BCUT2D eigenvalue weighted by Crippen LogP contribution is 2.25. The molecule has 0 fully saturated rings. The number of nitrogens with one attached hydrogen (secondary N) is 2. The molecule has 0 saturated heterocycles. The number of rotatable bonds is 7. The summed E-state index contributed by atoms with van der Waals surface area (Å²) in [5, 5.41) is 12.7. The first-order valence-electron chi connectivity index (χ1n) is 6.53. The van der Waals surface area contributed by atoms with E-state index in [-0.39, 0.29) is 5.60 Å². The van der Waals surface area contributed by atoms with Crippen molar-refractivity contribution < 1.29 is 4.74 Å². The van der Waals surface area contributed by atoms with Crippen molar-refractivity contribution in [1.29, 1.82) is 0 Å². The molecule has 0 unspecified atom stereocenters. The first-order valence-corrected chi connectivity index (χ1v) is 7.41. The fourth-order valence-electron chi connectivity index (χ4n) is 2.02. The summed E-state index contributed by atoms with van der Waals surface area (Å²) in [4.78, 5) is 1.22. The van der Waals surface area contributed by atoms with Crippen LogP contribution in [0.15, 0.2) is 23.7 Å². The highest BCUT2D eigenvalue weighted by atomic mass is 32.1. The summed E-state index contributed by atoms with van der Waals surface area (Å²) in [7, 11) is 0. The van der Waals surface area contributed by atoms with Gasteiger partial charge < -0.3 is 10.1 Å². The molecule has 0 aliphatic rings. The van der Waals surface area contributed by atoms with Crippen LogP contribution < -0.4 is 5.32 Å². The SMILES string of the molecule is CCOC(C)(C)CNCc1cn[nH]c1-c1cccs1. The van der Waals surface area contributed by atoms with E-state index in [2.05, 4.69) is 46.9 Å². The predicted molar refractivity (Wildman–Crippen MR) is 79.3 cm³/mol. The lowest BCUT2D eigenvalue weighted by molar-refractivity contribution is -0.00897. The van der Waals surface area contributed by atoms with Crippen LogP contribution in [-0.4, -0.2) is 29.0 Å². The van der Waals surface area contributed by atoms with E-state index in [4.69, 9.17) is 4.74 Å². The van der Waals surface area contributed by atoms with E-state index < -0.39 is 0 Å². The zero-order valence-corrected chi connectivity index (χ0v) is 12.5. The molecule has 2 heterocycles. The monoisotopic (exact) mass is 279 g/mol. The quantitative estimate of drug-likeness (QED) is 0.819. The maximum atomic E-state index is 5.67. The molecule has 0 aromatic carbocycles. The highest BCUT2D eigenvalue weighted by Gasteiger charge is 2.17. The maximum Gasteiger partial charge on any atom is 0.0794 e. The van der Waals surface area contributed by atoms with Gasteiger partial charge in [0, 0.05) is 25.3 Å². The number of H-pyrrole nitrogens is 1. The van der Waals surface area contributed by atoms with E-state index in [1.807, 2.05) is 13.1 Å². The number of hydrogen-bond donors (Lipinski definition) is 2. The number of ether oxygens (including phenoxy) is 1. The second-order valence-corrected chi connectivity index (χ2v) is 5.99. The first kappa shape index (κ1) is 14.2. The van der Waals surface area contributed by atoms with Crippen molar-refractivity contribution in [2.45, 2.75) is 32.9 Å². The number of aromatic nitrogens is 2. The Kier molecular flexibility index (Phi) is 4.74. The van der Waals surface area contributed by atoms with Crippen LogP contribution in [0.3, 0.4) is 0 Å². The van der Waals surface area contributed by atoms with Crippen LogP contribution in [-0.2, 0) is 11.3 Å². The van der Waals surface area contributed by atoms with Crippen molar-refractivity contribution in [2.24, 2.45) is 0 Å². The molecule has 104 valence electrons. The largest absolute Gasteiger partial charge is 0.375 e. The van der Waals surface area contributed by atoms with Crippen LogP contribution in [0.2, 0.25) is 0 Å². The van der Waals surface area contributed by atoms with Crippen molar-refractivity contribution in [3.63, 3.8) is 0 Å². The number of aromatic amines is 1. The molecule has 0 aliphatic carbocycles. The average molecular weight is 279 g/mol. The lowest BCUT2D eigenvalue weighted by atomic mass is 10.1. The van der Waals surface area contributed by atoms with Crippen molar-refractivity contribution in [2.75, 3.05) is 13.2 Å². The molecule has 4 nitrogen and oxygen atoms in total. The fraction of sp³-hybridized carbons (Fsp3) is 0.500. The summed E-state index contributed by atoms with van der Waals surface area (Å²) in [5.74, 6) is 0. The molecule has 19 heavy (non-hydrogen) atoms. The minimum atomic E-state index is -0.137. The van der Waals surface area contributed by atoms with E-state index in [1.54, 1.807) is 11.3 Å². The van der Waals surface area contributed by atoms with E-state index in [1.165, 1.54) is 10.4 Å². The maximum absolute atomic E-state index is 5.67. The van der Waals surface area contributed by atoms with Gasteiger partial charge >= 0.3 is 0 Å². The van der Waals surface area contributed by atoms with E-state index >= 15 is 0 Å². The number of thiophene rings is 1. The molecule has 0 aliphatic heterocycles. The van der Waals surface area contributed by atoms with Crippen LogP contribution in [0.5, 0.6) is 0 Å². The van der Waals surface area contributed by atoms with E-state index in [9.17, 15) is 0 Å². The molecule has 0 saturated carbocycles. The van der Waals surface area contributed by atoms with Crippen LogP contribution in [0.4, 0.5) is 0 Å². The lowest BCUT2D eigenvalue weighted by Crippen LogP contribution is -2.37. The van der Waals surface area contributed by atoms with Gasteiger partial charge in [0.2, 0.25) is 0 Å². The van der Waals surface area contributed by atoms with Crippen molar-refractivity contribution in [3.8, 4) is 10.6 Å². The minimum Gasteiger partial charge on any atom is -0.375 e. The Balaban J connectivity index is 1.93. The van der Waals surface area contributed by atoms with Crippen LogP contribution >= 0.6 is 11.3 Å². The Bertz CT molecular complexity index is 491. The van der Waals surface area contributed by atoms with Crippen molar-refractivity contribution in [3.05, 3.63) is 29.3 Å². The molecule has 2 N–H and O–H groups in total. The molecule has 0 radical (unpaired) electrons. The number of hydrogen-bond acceptors (Lipinski definition) is 4. The van der Waals surface area contributed by atoms with Gasteiger partial charge in [0.1, 0.15) is 0 Å². The Hall–Kier alpha value is -1.17. The number of nitrogens with zero attached hydrogens (tertiary/aromatic N) is 1. The summed E-state index contributed by atoms with van der Waals surface area (Å²) in [6.45, 7) is 8.56. The standard InChI is InChI=1S/C14H21N3OS/c1-4-18-14(2,3)10-15-8-11-9-16-17-13(11)12-6-5-7-19-12/h5-7,9,15H,4,8,10H2,1-3H3,(H,16,17). The van der Waals surface area contributed by atoms with Crippen molar-refractivity contribution in [1.82, 2.24) is 15.5 Å². The van der Waals surface area contributed by atoms with Gasteiger partial charge in [0.15, 0.2) is 0 Å². The fourth-order valence-corrected chi connectivity index (χ4v) is 2.77. The first-order chi connectivity index (χ1) is 9.12. The zero-order valence-electron chi connectivity index (χ0n) is 11.7. The summed E-state index contributed by atoms with van der Waals surface area (Å²) < 4.78 is 5.67. The molecule has 2 aromatic rings. The van der Waals surface area contributed by atoms with Gasteiger partial charge in [-0.15, -0.1) is 11.3 Å². The second kappa shape index (κ2) is 6.32. The van der Waals surface area contributed by atoms with Gasteiger partial charge in [-0.3, -0.25) is 5.10 Å². The summed E-state index contributed by atoms with van der Waals surface area (Å²) in [5.41, 5.74) is 2.16. The summed E-state index contributed by atoms with van der Waals surface area (Å²) in [6.07, 6.45) is 1.88. The highest BCUT2D eigenvalue weighted by molar-refractivity contribution is 7.13. The lowest BCUT2D eigenvalue weighted by Gasteiger charge is -2.24. The van der Waals surface area contributed by atoms with Gasteiger partial charge in [-0.1, -0.05) is 6.07 Å². The Labute approximate surface area is 118 Å². The molecule has 0 atom stereocenters. The third kappa shape index (κ3) is 3.89. The Morgan fingerprint density at radius 1 is 1.47 bits per heavy atom. The average Bonchev–Trinajstić information content (AvgIpc) is 2.97.